The van der Waals surface area contributed by atoms with E-state index in [4.69, 9.17) is 0 Å². The van der Waals surface area contributed by atoms with Crippen LogP contribution in [0.25, 0.3) is 0 Å². The zero-order valence-electron chi connectivity index (χ0n) is 14.5. The van der Waals surface area contributed by atoms with Gasteiger partial charge in [0.15, 0.2) is 0 Å². The Balaban J connectivity index is 0.000000960. The summed E-state index contributed by atoms with van der Waals surface area (Å²) >= 11 is 0. The first-order valence-corrected chi connectivity index (χ1v) is 8.74. The van der Waals surface area contributed by atoms with Crippen LogP contribution in [0.1, 0.15) is 58.8 Å². The van der Waals surface area contributed by atoms with Crippen molar-refractivity contribution in [2.75, 3.05) is 0 Å². The van der Waals surface area contributed by atoms with E-state index < -0.39 is 5.60 Å². The summed E-state index contributed by atoms with van der Waals surface area (Å²) in [5.41, 5.74) is 1.04. The van der Waals surface area contributed by atoms with E-state index >= 15 is 0 Å². The van der Waals surface area contributed by atoms with Gasteiger partial charge in [-0.15, -0.1) is 0 Å². The predicted octanol–water partition coefficient (Wildman–Crippen LogP) is 4.36. The summed E-state index contributed by atoms with van der Waals surface area (Å²) in [6.45, 7) is 4.41. The Kier molecular flexibility index (Phi) is 7.10. The molecule has 122 valence electrons. The van der Waals surface area contributed by atoms with Gasteiger partial charge in [-0.1, -0.05) is 13.0 Å². The predicted molar refractivity (Wildman–Crippen MR) is 83.8 cm³/mol. The van der Waals surface area contributed by atoms with Crippen molar-refractivity contribution in [2.24, 2.45) is 29.1 Å². The van der Waals surface area contributed by atoms with Crippen molar-refractivity contribution in [2.45, 2.75) is 64.4 Å². The number of aliphatic hydroxyl groups is 2. The molecule has 2 N–H and O–H groups in total. The molecule has 2 radical (unpaired) electrons. The van der Waals surface area contributed by atoms with E-state index in [1.54, 1.807) is 0 Å². The van der Waals surface area contributed by atoms with Crippen molar-refractivity contribution >= 4 is 0 Å². The number of allylic oxidation sites excluding steroid dienone is 4. The van der Waals surface area contributed by atoms with Crippen LogP contribution in [-0.4, -0.2) is 15.8 Å². The van der Waals surface area contributed by atoms with E-state index in [9.17, 15) is 10.2 Å². The van der Waals surface area contributed by atoms with Gasteiger partial charge in [0.2, 0.25) is 0 Å². The normalized spacial score (nSPS) is 47.8. The van der Waals surface area contributed by atoms with Gasteiger partial charge in [-0.25, -0.2) is 0 Å². The topological polar surface area (TPSA) is 40.5 Å². The van der Waals surface area contributed by atoms with E-state index in [0.717, 1.165) is 37.5 Å². The molecule has 4 heteroatoms. The van der Waals surface area contributed by atoms with Gasteiger partial charge in [0.1, 0.15) is 0 Å². The quantitative estimate of drug-likeness (QED) is 0.388. The number of fused-ring (bicyclic) bond motifs is 5. The average molecular weight is 742 g/mol. The van der Waals surface area contributed by atoms with Crippen LogP contribution in [0.5, 0.6) is 0 Å². The Morgan fingerprint density at radius 3 is 2.52 bits per heavy atom. The van der Waals surface area contributed by atoms with Crippen LogP contribution in [0.4, 0.5) is 0 Å². The summed E-state index contributed by atoms with van der Waals surface area (Å²) in [5, 5.41) is 20.6. The fourth-order valence-electron chi connectivity index (χ4n) is 6.18. The molecule has 0 aromatic rings. The van der Waals surface area contributed by atoms with Gasteiger partial charge in [-0.3, -0.25) is 0 Å². The molecule has 0 unspecified atom stereocenters. The van der Waals surface area contributed by atoms with Gasteiger partial charge in [0, 0.05) is 94.5 Å². The van der Waals surface area contributed by atoms with Crippen LogP contribution in [0.2, 0.25) is 0 Å². The van der Waals surface area contributed by atoms with Gasteiger partial charge in [0.25, 0.3) is 0 Å². The van der Waals surface area contributed by atoms with Crippen molar-refractivity contribution in [3.8, 4) is 0 Å². The largest absolute Gasteiger partial charge is 0.512 e. The van der Waals surface area contributed by atoms with Crippen LogP contribution < -0.4 is 0 Å². The summed E-state index contributed by atoms with van der Waals surface area (Å²) in [5.74, 6) is 3.44. The third-order valence-electron chi connectivity index (χ3n) is 7.67. The Morgan fingerprint density at radius 2 is 1.78 bits per heavy atom. The zero-order chi connectivity index (χ0) is 14.8. The Morgan fingerprint density at radius 1 is 1.04 bits per heavy atom. The van der Waals surface area contributed by atoms with Crippen LogP contribution in [0, 0.1) is 117 Å². The summed E-state index contributed by atoms with van der Waals surface area (Å²) < 4.78 is 0. The monoisotopic (exact) mass is 742 g/mol. The Bertz CT molecular complexity index is 525. The van der Waals surface area contributed by atoms with Crippen molar-refractivity contribution < 1.29 is 98.3 Å². The first-order valence-electron chi connectivity index (χ1n) is 8.74. The van der Waals surface area contributed by atoms with Crippen molar-refractivity contribution in [1.82, 2.24) is 0 Å². The SMILES string of the molecule is C[C@]1(O)CC[C@H]2[C@@H]3CC=C4C=C(O)CC[C@@H]4[C@H]3CC[C@@]21C.[Ac].[Ac]. The maximum atomic E-state index is 10.8. The molecule has 2 fully saturated rings. The molecule has 23 heavy (non-hydrogen) atoms. The number of aliphatic hydroxyl groups excluding tert-OH is 1. The molecule has 2 saturated carbocycles. The van der Waals surface area contributed by atoms with Gasteiger partial charge in [-0.2, -0.15) is 0 Å². The fourth-order valence-corrected chi connectivity index (χ4v) is 6.18. The molecule has 0 spiro atoms. The molecule has 4 aliphatic carbocycles. The van der Waals surface area contributed by atoms with Gasteiger partial charge in [0.05, 0.1) is 11.4 Å². The van der Waals surface area contributed by atoms with Gasteiger partial charge >= 0.3 is 0 Å². The molecular formula is C19H28Ac2O2. The molecule has 4 aliphatic rings. The molecule has 0 saturated heterocycles. The van der Waals surface area contributed by atoms with E-state index in [1.807, 2.05) is 6.08 Å². The fraction of sp³-hybridized carbons (Fsp3) is 0.789. The first kappa shape index (κ1) is 21.4. The maximum absolute atomic E-state index is 10.8. The minimum absolute atomic E-state index is 0. The second-order valence-electron chi connectivity index (χ2n) is 8.42. The van der Waals surface area contributed by atoms with Gasteiger partial charge < -0.3 is 10.2 Å². The average Bonchev–Trinajstić information content (AvgIpc) is 2.69. The molecule has 6 atom stereocenters. The number of rotatable bonds is 0. The summed E-state index contributed by atoms with van der Waals surface area (Å²) in [4.78, 5) is 0. The third kappa shape index (κ3) is 3.38. The second-order valence-corrected chi connectivity index (χ2v) is 8.42. The molecule has 0 heterocycles. The minimum Gasteiger partial charge on any atom is -0.512 e. The molecule has 0 bridgehead atoms. The second kappa shape index (κ2) is 7.63. The van der Waals surface area contributed by atoms with Gasteiger partial charge in [-0.05, 0) is 86.2 Å². The number of hydrogen-bond donors (Lipinski definition) is 2. The summed E-state index contributed by atoms with van der Waals surface area (Å²) in [6, 6.07) is 0. The standard InChI is InChI=1S/C19H28O2.2Ac/c1-18-9-7-15-14-6-4-13(20)11-12(14)3-5-16(15)17(18)8-10-19(18,2)21;;/h3,11,14-17,20-21H,4-10H2,1-2H3;;/t14-,15+,16+,17-,18-,19-;;/m0../s1. The minimum atomic E-state index is -0.475. The zero-order valence-corrected chi connectivity index (χ0v) is 24.0. The Labute approximate surface area is 212 Å². The van der Waals surface area contributed by atoms with Crippen molar-refractivity contribution in [3.63, 3.8) is 0 Å². The Hall–Kier alpha value is 2.12. The molecule has 0 aromatic carbocycles. The van der Waals surface area contributed by atoms with E-state index in [1.165, 1.54) is 24.8 Å². The molecular weight excluding hydrogens is 714 g/mol. The summed E-state index contributed by atoms with van der Waals surface area (Å²) in [7, 11) is 0. The molecule has 2 nitrogen and oxygen atoms in total. The maximum Gasteiger partial charge on any atom is 0.0925 e. The number of hydrogen-bond acceptors (Lipinski definition) is 2. The van der Waals surface area contributed by atoms with E-state index in [2.05, 4.69) is 19.9 Å². The van der Waals surface area contributed by atoms with Crippen LogP contribution >= 0.6 is 0 Å². The van der Waals surface area contributed by atoms with E-state index in [-0.39, 0.29) is 93.5 Å². The smallest absolute Gasteiger partial charge is 0.0925 e. The molecule has 4 rings (SSSR count). The third-order valence-corrected chi connectivity index (χ3v) is 7.67. The van der Waals surface area contributed by atoms with Crippen molar-refractivity contribution in [3.05, 3.63) is 23.5 Å². The summed E-state index contributed by atoms with van der Waals surface area (Å²) in [6.07, 6.45) is 12.1. The first-order chi connectivity index (χ1) is 9.92. The molecule has 0 aromatic heterocycles. The molecule has 0 aliphatic heterocycles. The van der Waals surface area contributed by atoms with E-state index in [0.29, 0.717) is 17.6 Å². The van der Waals surface area contributed by atoms with Crippen LogP contribution in [-0.2, 0) is 0 Å². The van der Waals surface area contributed by atoms with Crippen LogP contribution in [0.15, 0.2) is 23.5 Å². The molecule has 0 amide bonds. The van der Waals surface area contributed by atoms with Crippen LogP contribution in [0.3, 0.4) is 0 Å². The van der Waals surface area contributed by atoms with Crippen molar-refractivity contribution in [1.29, 1.82) is 0 Å².